The minimum atomic E-state index is -0.325. The van der Waals surface area contributed by atoms with Crippen LogP contribution in [0, 0.1) is 6.92 Å². The lowest BCUT2D eigenvalue weighted by molar-refractivity contribution is -0.134. The molecule has 0 radical (unpaired) electrons. The summed E-state index contributed by atoms with van der Waals surface area (Å²) in [7, 11) is 3.94. The number of hydrogen-bond acceptors (Lipinski definition) is 5. The summed E-state index contributed by atoms with van der Waals surface area (Å²) in [5, 5.41) is 0. The quantitative estimate of drug-likeness (QED) is 0.473. The average molecular weight is 351 g/mol. The van der Waals surface area contributed by atoms with Gasteiger partial charge in [0.2, 0.25) is 5.78 Å². The molecule has 1 aliphatic heterocycles. The van der Waals surface area contributed by atoms with E-state index in [4.69, 9.17) is 9.47 Å². The van der Waals surface area contributed by atoms with Crippen LogP contribution in [0.1, 0.15) is 34.8 Å². The van der Waals surface area contributed by atoms with Crippen LogP contribution in [0.2, 0.25) is 0 Å². The fourth-order valence-electron chi connectivity index (χ4n) is 2.69. The van der Waals surface area contributed by atoms with Crippen molar-refractivity contribution in [3.8, 4) is 11.5 Å². The molecule has 2 aromatic carbocycles. The summed E-state index contributed by atoms with van der Waals surface area (Å²) in [6.07, 6.45) is 2.00. The molecule has 0 fully saturated rings. The van der Waals surface area contributed by atoms with Crippen molar-refractivity contribution in [3.05, 3.63) is 58.8 Å². The van der Waals surface area contributed by atoms with Crippen molar-refractivity contribution in [1.82, 2.24) is 0 Å². The van der Waals surface area contributed by atoms with Crippen LogP contribution in [0.3, 0.4) is 0 Å². The van der Waals surface area contributed by atoms with Crippen LogP contribution in [0.5, 0.6) is 11.5 Å². The Balaban J connectivity index is 1.89. The highest BCUT2D eigenvalue weighted by atomic mass is 16.5. The molecule has 0 saturated heterocycles. The minimum Gasteiger partial charge on any atom is -0.452 e. The zero-order valence-corrected chi connectivity index (χ0v) is 15.3. The fraction of sp³-hybridized carbons (Fsp3) is 0.238. The molecule has 0 aromatic heterocycles. The van der Waals surface area contributed by atoms with E-state index in [1.165, 1.54) is 0 Å². The molecule has 0 N–H and O–H groups in total. The Morgan fingerprint density at radius 3 is 2.46 bits per heavy atom. The second-order valence-corrected chi connectivity index (χ2v) is 6.32. The molecule has 0 unspecified atom stereocenters. The lowest BCUT2D eigenvalue weighted by Gasteiger charge is -2.12. The molecule has 0 aliphatic carbocycles. The zero-order valence-electron chi connectivity index (χ0n) is 15.3. The van der Waals surface area contributed by atoms with E-state index in [1.807, 2.05) is 43.3 Å². The van der Waals surface area contributed by atoms with Crippen LogP contribution in [-0.2, 0) is 4.79 Å². The third-order valence-electron chi connectivity index (χ3n) is 4.26. The molecule has 26 heavy (non-hydrogen) atoms. The van der Waals surface area contributed by atoms with E-state index < -0.39 is 0 Å². The number of nitrogens with zero attached hydrogens (tertiary/aromatic N) is 1. The van der Waals surface area contributed by atoms with Gasteiger partial charge in [-0.05, 0) is 42.8 Å². The number of esters is 1. The van der Waals surface area contributed by atoms with Gasteiger partial charge in [0, 0.05) is 31.8 Å². The summed E-state index contributed by atoms with van der Waals surface area (Å²) in [5.74, 6) is 0.634. The molecule has 1 aliphatic rings. The van der Waals surface area contributed by atoms with Crippen molar-refractivity contribution < 1.29 is 19.1 Å². The van der Waals surface area contributed by atoms with Crippen LogP contribution < -0.4 is 14.4 Å². The number of rotatable bonds is 4. The molecule has 3 rings (SSSR count). The van der Waals surface area contributed by atoms with Gasteiger partial charge in [-0.1, -0.05) is 19.1 Å². The van der Waals surface area contributed by atoms with Crippen molar-refractivity contribution in [2.45, 2.75) is 20.3 Å². The van der Waals surface area contributed by atoms with Gasteiger partial charge in [0.1, 0.15) is 11.5 Å². The molecule has 0 atom stereocenters. The van der Waals surface area contributed by atoms with Crippen LogP contribution in [0.25, 0.3) is 6.08 Å². The first-order valence-electron chi connectivity index (χ1n) is 8.46. The van der Waals surface area contributed by atoms with Crippen molar-refractivity contribution in [1.29, 1.82) is 0 Å². The Kier molecular flexibility index (Phi) is 4.80. The van der Waals surface area contributed by atoms with E-state index in [-0.39, 0.29) is 23.9 Å². The van der Waals surface area contributed by atoms with E-state index in [0.717, 1.165) is 11.3 Å². The van der Waals surface area contributed by atoms with E-state index >= 15 is 0 Å². The molecular formula is C21H21NO4. The van der Waals surface area contributed by atoms with Gasteiger partial charge in [-0.3, -0.25) is 9.59 Å². The number of hydrogen-bond donors (Lipinski definition) is 0. The number of anilines is 1. The van der Waals surface area contributed by atoms with E-state index in [2.05, 4.69) is 0 Å². The summed E-state index contributed by atoms with van der Waals surface area (Å²) >= 11 is 0. The molecule has 1 heterocycles. The first kappa shape index (κ1) is 17.7. The van der Waals surface area contributed by atoms with Gasteiger partial charge in [0.15, 0.2) is 5.76 Å². The van der Waals surface area contributed by atoms with Gasteiger partial charge in [-0.2, -0.15) is 0 Å². The number of ether oxygens (including phenoxy) is 2. The predicted molar refractivity (Wildman–Crippen MR) is 101 cm³/mol. The number of carbonyl (C=O) groups excluding carboxylic acids is 2. The van der Waals surface area contributed by atoms with Crippen LogP contribution in [-0.4, -0.2) is 25.8 Å². The largest absolute Gasteiger partial charge is 0.452 e. The van der Waals surface area contributed by atoms with Crippen molar-refractivity contribution in [2.75, 3.05) is 19.0 Å². The normalized spacial score (nSPS) is 14.2. The summed E-state index contributed by atoms with van der Waals surface area (Å²) in [4.78, 5) is 26.1. The molecule has 0 saturated carbocycles. The molecule has 0 bridgehead atoms. The maximum Gasteiger partial charge on any atom is 0.310 e. The molecular weight excluding hydrogens is 330 g/mol. The summed E-state index contributed by atoms with van der Waals surface area (Å²) in [6.45, 7) is 3.51. The highest BCUT2D eigenvalue weighted by Crippen LogP contribution is 2.39. The number of ketones is 1. The van der Waals surface area contributed by atoms with Crippen molar-refractivity contribution in [3.63, 3.8) is 0 Å². The van der Waals surface area contributed by atoms with Crippen molar-refractivity contribution >= 4 is 23.5 Å². The first-order chi connectivity index (χ1) is 12.4. The third kappa shape index (κ3) is 3.33. The number of allylic oxidation sites excluding steroid dienone is 1. The summed E-state index contributed by atoms with van der Waals surface area (Å²) < 4.78 is 11.1. The van der Waals surface area contributed by atoms with Gasteiger partial charge in [-0.25, -0.2) is 0 Å². The topological polar surface area (TPSA) is 55.8 Å². The zero-order chi connectivity index (χ0) is 18.8. The first-order valence-corrected chi connectivity index (χ1v) is 8.46. The number of fused-ring (bicyclic) bond motifs is 1. The maximum absolute atomic E-state index is 12.6. The molecule has 5 nitrogen and oxygen atoms in total. The average Bonchev–Trinajstić information content (AvgIpc) is 2.94. The van der Waals surface area contributed by atoms with E-state index in [9.17, 15) is 9.59 Å². The Hall–Kier alpha value is -3.08. The molecule has 2 aromatic rings. The third-order valence-corrected chi connectivity index (χ3v) is 4.26. The minimum absolute atomic E-state index is 0.173. The smallest absolute Gasteiger partial charge is 0.310 e. The Morgan fingerprint density at radius 1 is 1.15 bits per heavy atom. The SMILES string of the molecule is CCC(=O)Oc1ccc2c(c1C)O/C(=C\c1ccc(N(C)C)cc1)C2=O. The van der Waals surface area contributed by atoms with E-state index in [1.54, 1.807) is 32.1 Å². The highest BCUT2D eigenvalue weighted by molar-refractivity contribution is 6.15. The second-order valence-electron chi connectivity index (χ2n) is 6.32. The molecule has 134 valence electrons. The van der Waals surface area contributed by atoms with Gasteiger partial charge < -0.3 is 14.4 Å². The second kappa shape index (κ2) is 7.04. The summed E-state index contributed by atoms with van der Waals surface area (Å²) in [5.41, 5.74) is 3.08. The Morgan fingerprint density at radius 2 is 1.85 bits per heavy atom. The van der Waals surface area contributed by atoms with Gasteiger partial charge >= 0.3 is 5.97 Å². The van der Waals surface area contributed by atoms with Gasteiger partial charge in [0.05, 0.1) is 5.56 Å². The summed E-state index contributed by atoms with van der Waals surface area (Å²) in [6, 6.07) is 11.1. The fourth-order valence-corrected chi connectivity index (χ4v) is 2.69. The number of Topliss-reactive ketones (excluding diaryl/α,β-unsaturated/α-hetero) is 1. The molecule has 5 heteroatoms. The van der Waals surface area contributed by atoms with Gasteiger partial charge in [0.25, 0.3) is 0 Å². The van der Waals surface area contributed by atoms with E-state index in [0.29, 0.717) is 22.6 Å². The lowest BCUT2D eigenvalue weighted by atomic mass is 10.1. The standard InChI is InChI=1S/C21H21NO4/c1-5-19(23)25-17-11-10-16-20(24)18(26-21(16)13(17)2)12-14-6-8-15(9-7-14)22(3)4/h6-12H,5H2,1-4H3/b18-12-. The molecule has 0 amide bonds. The monoisotopic (exact) mass is 351 g/mol. The van der Waals surface area contributed by atoms with Crippen molar-refractivity contribution in [2.24, 2.45) is 0 Å². The highest BCUT2D eigenvalue weighted by Gasteiger charge is 2.30. The van der Waals surface area contributed by atoms with Gasteiger partial charge in [-0.15, -0.1) is 0 Å². The lowest BCUT2D eigenvalue weighted by Crippen LogP contribution is -2.08. The maximum atomic E-state index is 12.6. The predicted octanol–water partition coefficient (Wildman–Crippen LogP) is 3.99. The van der Waals surface area contributed by atoms with Crippen LogP contribution >= 0.6 is 0 Å². The number of carbonyl (C=O) groups is 2. The Bertz CT molecular complexity index is 895. The molecule has 0 spiro atoms. The van der Waals surface area contributed by atoms with Crippen LogP contribution in [0.4, 0.5) is 5.69 Å². The number of benzene rings is 2. The Labute approximate surface area is 152 Å². The van der Waals surface area contributed by atoms with Crippen LogP contribution in [0.15, 0.2) is 42.2 Å².